The smallest absolute Gasteiger partial charge is 0.331 e. The number of benzene rings is 3. The summed E-state index contributed by atoms with van der Waals surface area (Å²) < 4.78 is 10.3. The maximum Gasteiger partial charge on any atom is 0.331 e. The molecule has 158 valence electrons. The van der Waals surface area contributed by atoms with E-state index in [2.05, 4.69) is 10.9 Å². The number of hydrogen-bond donors (Lipinski definition) is 2. The Morgan fingerprint density at radius 3 is 2.35 bits per heavy atom. The minimum absolute atomic E-state index is 0.393. The molecule has 3 rings (SSSR count). The second-order valence-corrected chi connectivity index (χ2v) is 6.69. The lowest BCUT2D eigenvalue weighted by Crippen LogP contribution is -2.46. The molecule has 7 heteroatoms. The number of fused-ring (bicyclic) bond motifs is 1. The third kappa shape index (κ3) is 5.93. The van der Waals surface area contributed by atoms with Gasteiger partial charge in [0.05, 0.1) is 7.11 Å². The van der Waals surface area contributed by atoms with Gasteiger partial charge in [-0.25, -0.2) is 4.79 Å². The summed E-state index contributed by atoms with van der Waals surface area (Å²) in [5.74, 6) is -1.02. The molecule has 0 radical (unpaired) electrons. The molecule has 0 aliphatic rings. The van der Waals surface area contributed by atoms with Crippen LogP contribution in [0.4, 0.5) is 0 Å². The van der Waals surface area contributed by atoms with E-state index >= 15 is 0 Å². The lowest BCUT2D eigenvalue weighted by molar-refractivity contribution is -0.150. The third-order valence-corrected chi connectivity index (χ3v) is 4.48. The van der Waals surface area contributed by atoms with Crippen molar-refractivity contribution in [2.45, 2.75) is 13.0 Å². The number of carbonyl (C=O) groups is 3. The highest BCUT2D eigenvalue weighted by atomic mass is 16.5. The Morgan fingerprint density at radius 1 is 0.903 bits per heavy atom. The maximum absolute atomic E-state index is 12.0. The van der Waals surface area contributed by atoms with Gasteiger partial charge in [0, 0.05) is 11.6 Å². The molecule has 0 fully saturated rings. The summed E-state index contributed by atoms with van der Waals surface area (Å²) in [6.07, 6.45) is 1.77. The summed E-state index contributed by atoms with van der Waals surface area (Å²) in [5.41, 5.74) is 5.72. The van der Waals surface area contributed by atoms with Crippen LogP contribution in [0.3, 0.4) is 0 Å². The van der Waals surface area contributed by atoms with Gasteiger partial charge in [0.25, 0.3) is 11.8 Å². The van der Waals surface area contributed by atoms with E-state index in [-0.39, 0.29) is 0 Å². The van der Waals surface area contributed by atoms with Crippen molar-refractivity contribution in [3.63, 3.8) is 0 Å². The van der Waals surface area contributed by atoms with Crippen molar-refractivity contribution in [3.05, 3.63) is 83.9 Å². The van der Waals surface area contributed by atoms with Crippen molar-refractivity contribution in [1.82, 2.24) is 10.9 Å². The quantitative estimate of drug-likeness (QED) is 0.364. The standard InChI is InChI=1S/C24H22N2O5/c1-16(23(28)25-26-24(29)18-6-4-3-5-7-18)31-22(27)13-9-17-8-10-20-15-21(30-2)12-11-19(20)14-17/h3-16H,1-2H3,(H,25,28)(H,26,29)/b13-9+/t16-/m0/s1. The van der Waals surface area contributed by atoms with Crippen molar-refractivity contribution in [3.8, 4) is 5.75 Å². The van der Waals surface area contributed by atoms with Gasteiger partial charge in [-0.15, -0.1) is 0 Å². The SMILES string of the molecule is COc1ccc2cc(/C=C/C(=O)O[C@@H](C)C(=O)NNC(=O)c3ccccc3)ccc2c1. The molecule has 0 aromatic heterocycles. The van der Waals surface area contributed by atoms with Crippen LogP contribution in [0.2, 0.25) is 0 Å². The van der Waals surface area contributed by atoms with Gasteiger partial charge in [-0.2, -0.15) is 0 Å². The van der Waals surface area contributed by atoms with Gasteiger partial charge < -0.3 is 9.47 Å². The van der Waals surface area contributed by atoms with Crippen LogP contribution in [0.1, 0.15) is 22.8 Å². The Hall–Kier alpha value is -4.13. The first-order valence-corrected chi connectivity index (χ1v) is 9.58. The van der Waals surface area contributed by atoms with Crippen LogP contribution in [0.25, 0.3) is 16.8 Å². The van der Waals surface area contributed by atoms with Gasteiger partial charge in [0.2, 0.25) is 0 Å². The second kappa shape index (κ2) is 10.1. The average molecular weight is 418 g/mol. The molecule has 0 aliphatic carbocycles. The summed E-state index contributed by atoms with van der Waals surface area (Å²) in [6.45, 7) is 1.42. The Morgan fingerprint density at radius 2 is 1.61 bits per heavy atom. The number of rotatable bonds is 6. The Kier molecular flexibility index (Phi) is 7.01. The van der Waals surface area contributed by atoms with Crippen LogP contribution < -0.4 is 15.6 Å². The van der Waals surface area contributed by atoms with Gasteiger partial charge in [0.15, 0.2) is 6.10 Å². The largest absolute Gasteiger partial charge is 0.497 e. The molecular weight excluding hydrogens is 396 g/mol. The molecular formula is C24H22N2O5. The maximum atomic E-state index is 12.0. The second-order valence-electron chi connectivity index (χ2n) is 6.69. The molecule has 2 N–H and O–H groups in total. The van der Waals surface area contributed by atoms with Crippen LogP contribution in [0, 0.1) is 0 Å². The van der Waals surface area contributed by atoms with E-state index in [0.717, 1.165) is 22.1 Å². The Balaban J connectivity index is 1.52. The minimum atomic E-state index is -1.09. The number of hydrazine groups is 1. The number of carbonyl (C=O) groups excluding carboxylic acids is 3. The van der Waals surface area contributed by atoms with E-state index in [4.69, 9.17) is 9.47 Å². The lowest BCUT2D eigenvalue weighted by Gasteiger charge is -2.13. The average Bonchev–Trinajstić information content (AvgIpc) is 2.80. The molecule has 0 heterocycles. The molecule has 0 aliphatic heterocycles. The zero-order valence-electron chi connectivity index (χ0n) is 17.1. The number of amides is 2. The van der Waals surface area contributed by atoms with E-state index < -0.39 is 23.9 Å². The summed E-state index contributed by atoms with van der Waals surface area (Å²) in [7, 11) is 1.61. The highest BCUT2D eigenvalue weighted by molar-refractivity contribution is 5.96. The van der Waals surface area contributed by atoms with E-state index in [9.17, 15) is 14.4 Å². The summed E-state index contributed by atoms with van der Waals surface area (Å²) in [5, 5.41) is 2.01. The van der Waals surface area contributed by atoms with Crippen LogP contribution in [0.5, 0.6) is 5.75 Å². The third-order valence-electron chi connectivity index (χ3n) is 4.48. The topological polar surface area (TPSA) is 93.7 Å². The van der Waals surface area contributed by atoms with Crippen molar-refractivity contribution >= 4 is 34.6 Å². The molecule has 3 aromatic rings. The molecule has 3 aromatic carbocycles. The Labute approximate surface area is 179 Å². The number of methoxy groups -OCH3 is 1. The van der Waals surface area contributed by atoms with Gasteiger partial charge in [-0.3, -0.25) is 20.4 Å². The first-order chi connectivity index (χ1) is 15.0. The number of hydrogen-bond acceptors (Lipinski definition) is 5. The number of nitrogens with one attached hydrogen (secondary N) is 2. The molecule has 0 spiro atoms. The van der Waals surface area contributed by atoms with Gasteiger partial charge in [0.1, 0.15) is 5.75 Å². The summed E-state index contributed by atoms with van der Waals surface area (Å²) >= 11 is 0. The molecule has 7 nitrogen and oxygen atoms in total. The fourth-order valence-electron chi connectivity index (χ4n) is 2.79. The van der Waals surface area contributed by atoms with Crippen molar-refractivity contribution < 1.29 is 23.9 Å². The van der Waals surface area contributed by atoms with Crippen LogP contribution in [0.15, 0.2) is 72.8 Å². The van der Waals surface area contributed by atoms with Crippen molar-refractivity contribution in [1.29, 1.82) is 0 Å². The van der Waals surface area contributed by atoms with Crippen LogP contribution in [-0.4, -0.2) is 31.0 Å². The molecule has 2 amide bonds. The van der Waals surface area contributed by atoms with Crippen LogP contribution in [-0.2, 0) is 14.3 Å². The highest BCUT2D eigenvalue weighted by Gasteiger charge is 2.17. The van der Waals surface area contributed by atoms with E-state index in [1.54, 1.807) is 43.5 Å². The van der Waals surface area contributed by atoms with Crippen LogP contribution >= 0.6 is 0 Å². The fourth-order valence-corrected chi connectivity index (χ4v) is 2.79. The van der Waals surface area contributed by atoms with Gasteiger partial charge >= 0.3 is 5.97 Å². The summed E-state index contributed by atoms with van der Waals surface area (Å²) in [4.78, 5) is 36.0. The zero-order chi connectivity index (χ0) is 22.2. The number of ether oxygens (including phenoxy) is 2. The van der Waals surface area contributed by atoms with E-state index in [1.165, 1.54) is 13.0 Å². The molecule has 0 saturated heterocycles. The molecule has 0 bridgehead atoms. The van der Waals surface area contributed by atoms with Gasteiger partial charge in [-0.05, 0) is 59.7 Å². The first kappa shape index (κ1) is 21.6. The minimum Gasteiger partial charge on any atom is -0.497 e. The highest BCUT2D eigenvalue weighted by Crippen LogP contribution is 2.22. The van der Waals surface area contributed by atoms with Gasteiger partial charge in [-0.1, -0.05) is 36.4 Å². The Bertz CT molecular complexity index is 1130. The van der Waals surface area contributed by atoms with Crippen molar-refractivity contribution in [2.24, 2.45) is 0 Å². The van der Waals surface area contributed by atoms with Crippen molar-refractivity contribution in [2.75, 3.05) is 7.11 Å². The zero-order valence-corrected chi connectivity index (χ0v) is 17.1. The first-order valence-electron chi connectivity index (χ1n) is 9.58. The molecule has 31 heavy (non-hydrogen) atoms. The van der Waals surface area contributed by atoms with E-state index in [0.29, 0.717) is 5.56 Å². The normalized spacial score (nSPS) is 11.7. The fraction of sp³-hybridized carbons (Fsp3) is 0.125. The molecule has 1 atom stereocenters. The summed E-state index contributed by atoms with van der Waals surface area (Å²) in [6, 6.07) is 19.8. The predicted molar refractivity (Wildman–Crippen MR) is 117 cm³/mol. The monoisotopic (exact) mass is 418 g/mol. The number of esters is 1. The molecule has 0 unspecified atom stereocenters. The lowest BCUT2D eigenvalue weighted by atomic mass is 10.1. The molecule has 0 saturated carbocycles. The predicted octanol–water partition coefficient (Wildman–Crippen LogP) is 3.25. The van der Waals surface area contributed by atoms with E-state index in [1.807, 2.05) is 36.4 Å².